The number of hydrogen-bond acceptors (Lipinski definition) is 2. The van der Waals surface area contributed by atoms with Gasteiger partial charge in [0.25, 0.3) is 0 Å². The Balaban J connectivity index is 2.35. The van der Waals surface area contributed by atoms with Crippen LogP contribution in [0.5, 0.6) is 0 Å². The lowest BCUT2D eigenvalue weighted by molar-refractivity contribution is -0.157. The second-order valence-electron chi connectivity index (χ2n) is 5.76. The molecule has 0 radical (unpaired) electrons. The normalized spacial score (nSPS) is 25.2. The van der Waals surface area contributed by atoms with E-state index in [0.717, 1.165) is 25.7 Å². The molecule has 1 aliphatic rings. The van der Waals surface area contributed by atoms with Crippen LogP contribution in [0, 0.1) is 17.2 Å². The van der Waals surface area contributed by atoms with Gasteiger partial charge < -0.3 is 16.4 Å². The van der Waals surface area contributed by atoms with E-state index < -0.39 is 12.2 Å². The predicted octanol–water partition coefficient (Wildman–Crippen LogP) is 2.21. The number of hydrogen-bond donors (Lipinski definition) is 4. The first-order chi connectivity index (χ1) is 9.29. The molecule has 0 saturated heterocycles. The summed E-state index contributed by atoms with van der Waals surface area (Å²) in [6.07, 6.45) is -0.161. The lowest BCUT2D eigenvalue weighted by atomic mass is 9.83. The highest BCUT2D eigenvalue weighted by Crippen LogP contribution is 2.29. The average molecular weight is 294 g/mol. The summed E-state index contributed by atoms with van der Waals surface area (Å²) in [6.45, 7) is 2.65. The number of alkyl halides is 3. The van der Waals surface area contributed by atoms with Crippen LogP contribution < -0.4 is 16.4 Å². The van der Waals surface area contributed by atoms with E-state index in [4.69, 9.17) is 11.1 Å². The molecule has 1 rings (SSSR count). The third-order valence-electron chi connectivity index (χ3n) is 3.93. The highest BCUT2D eigenvalue weighted by Gasteiger charge is 2.39. The van der Waals surface area contributed by atoms with E-state index in [-0.39, 0.29) is 18.9 Å². The molecule has 0 aromatic rings. The molecule has 0 spiro atoms. The van der Waals surface area contributed by atoms with Crippen LogP contribution >= 0.6 is 0 Å². The summed E-state index contributed by atoms with van der Waals surface area (Å²) >= 11 is 0. The fraction of sp³-hybridized carbons (Fsp3) is 0.923. The van der Waals surface area contributed by atoms with Crippen LogP contribution in [-0.4, -0.2) is 31.3 Å². The maximum Gasteiger partial charge on any atom is 0.403 e. The Morgan fingerprint density at radius 1 is 1.30 bits per heavy atom. The zero-order chi connectivity index (χ0) is 15.2. The number of nitrogens with one attached hydrogen (secondary N) is 3. The number of guanidine groups is 1. The zero-order valence-corrected chi connectivity index (χ0v) is 11.9. The van der Waals surface area contributed by atoms with Gasteiger partial charge >= 0.3 is 6.18 Å². The molecule has 118 valence electrons. The van der Waals surface area contributed by atoms with Crippen molar-refractivity contribution in [2.75, 3.05) is 13.1 Å². The second kappa shape index (κ2) is 7.71. The minimum Gasteiger partial charge on any atom is -0.370 e. The molecular formula is C13H25F3N4. The summed E-state index contributed by atoms with van der Waals surface area (Å²) in [5.41, 5.74) is 5.06. The van der Waals surface area contributed by atoms with Crippen LogP contribution in [0.1, 0.15) is 39.0 Å². The molecule has 1 aliphatic carbocycles. The van der Waals surface area contributed by atoms with E-state index in [1.54, 1.807) is 0 Å². The van der Waals surface area contributed by atoms with E-state index in [1.807, 2.05) is 0 Å². The molecule has 1 atom stereocenters. The summed E-state index contributed by atoms with van der Waals surface area (Å²) < 4.78 is 38.7. The molecule has 5 N–H and O–H groups in total. The smallest absolute Gasteiger partial charge is 0.370 e. The van der Waals surface area contributed by atoms with Gasteiger partial charge in [-0.1, -0.05) is 19.8 Å². The van der Waals surface area contributed by atoms with Crippen LogP contribution in [0.4, 0.5) is 13.2 Å². The molecule has 4 nitrogen and oxygen atoms in total. The van der Waals surface area contributed by atoms with Gasteiger partial charge in [-0.3, -0.25) is 5.41 Å². The molecule has 0 aromatic carbocycles. The molecule has 0 heterocycles. The number of halogens is 3. The molecular weight excluding hydrogens is 269 g/mol. The molecule has 0 amide bonds. The van der Waals surface area contributed by atoms with Gasteiger partial charge in [0, 0.05) is 6.54 Å². The van der Waals surface area contributed by atoms with Crippen molar-refractivity contribution in [2.45, 2.75) is 51.2 Å². The third-order valence-corrected chi connectivity index (χ3v) is 3.93. The zero-order valence-electron chi connectivity index (χ0n) is 11.9. The van der Waals surface area contributed by atoms with Crippen molar-refractivity contribution in [3.8, 4) is 0 Å². The Labute approximate surface area is 118 Å². The Hall–Kier alpha value is -0.980. The summed E-state index contributed by atoms with van der Waals surface area (Å²) in [7, 11) is 0. The Kier molecular flexibility index (Phi) is 6.58. The van der Waals surface area contributed by atoms with Crippen LogP contribution in [0.2, 0.25) is 0 Å². The third kappa shape index (κ3) is 6.45. The molecule has 1 fully saturated rings. The highest BCUT2D eigenvalue weighted by molar-refractivity contribution is 5.74. The SMILES string of the molecule is CC1CCC(CNC(CCNC(=N)N)C(F)(F)F)CC1. The quantitative estimate of drug-likeness (QED) is 0.448. The van der Waals surface area contributed by atoms with E-state index in [9.17, 15) is 13.2 Å². The summed E-state index contributed by atoms with van der Waals surface area (Å²) in [5, 5.41) is 12.0. The fourth-order valence-electron chi connectivity index (χ4n) is 2.57. The van der Waals surface area contributed by atoms with Gasteiger partial charge in [-0.25, -0.2) is 0 Å². The maximum atomic E-state index is 12.9. The van der Waals surface area contributed by atoms with Crippen molar-refractivity contribution in [2.24, 2.45) is 17.6 Å². The Morgan fingerprint density at radius 3 is 2.40 bits per heavy atom. The van der Waals surface area contributed by atoms with Gasteiger partial charge in [0.05, 0.1) is 0 Å². The van der Waals surface area contributed by atoms with Gasteiger partial charge in [0.2, 0.25) is 0 Å². The molecule has 0 aliphatic heterocycles. The minimum atomic E-state index is -4.26. The van der Waals surface area contributed by atoms with Crippen molar-refractivity contribution >= 4 is 5.96 Å². The van der Waals surface area contributed by atoms with E-state index >= 15 is 0 Å². The molecule has 7 heteroatoms. The second-order valence-corrected chi connectivity index (χ2v) is 5.76. The first kappa shape index (κ1) is 17.1. The lowest BCUT2D eigenvalue weighted by Crippen LogP contribution is -2.46. The van der Waals surface area contributed by atoms with Gasteiger partial charge in [-0.2, -0.15) is 13.2 Å². The monoisotopic (exact) mass is 294 g/mol. The molecule has 0 bridgehead atoms. The van der Waals surface area contributed by atoms with Crippen LogP contribution in [0.25, 0.3) is 0 Å². The first-order valence-corrected chi connectivity index (χ1v) is 7.17. The van der Waals surface area contributed by atoms with Gasteiger partial charge in [0.15, 0.2) is 5.96 Å². The average Bonchev–Trinajstić information content (AvgIpc) is 2.33. The molecule has 0 aromatic heterocycles. The van der Waals surface area contributed by atoms with Crippen molar-refractivity contribution in [1.29, 1.82) is 5.41 Å². The molecule has 20 heavy (non-hydrogen) atoms. The fourth-order valence-corrected chi connectivity index (χ4v) is 2.57. The minimum absolute atomic E-state index is 0.0498. The van der Waals surface area contributed by atoms with Gasteiger partial charge in [0.1, 0.15) is 6.04 Å². The van der Waals surface area contributed by atoms with Crippen LogP contribution in [-0.2, 0) is 0 Å². The van der Waals surface area contributed by atoms with Gasteiger partial charge in [-0.05, 0) is 37.6 Å². The topological polar surface area (TPSA) is 73.9 Å². The Morgan fingerprint density at radius 2 is 1.90 bits per heavy atom. The molecule has 1 saturated carbocycles. The number of nitrogens with two attached hydrogens (primary N) is 1. The number of rotatable bonds is 6. The van der Waals surface area contributed by atoms with Crippen molar-refractivity contribution in [1.82, 2.24) is 10.6 Å². The van der Waals surface area contributed by atoms with Crippen LogP contribution in [0.15, 0.2) is 0 Å². The summed E-state index contributed by atoms with van der Waals surface area (Å²) in [5.74, 6) is 0.744. The lowest BCUT2D eigenvalue weighted by Gasteiger charge is -2.29. The largest absolute Gasteiger partial charge is 0.403 e. The maximum absolute atomic E-state index is 12.9. The van der Waals surface area contributed by atoms with E-state index in [0.29, 0.717) is 18.4 Å². The van der Waals surface area contributed by atoms with E-state index in [2.05, 4.69) is 17.6 Å². The van der Waals surface area contributed by atoms with Crippen molar-refractivity contribution < 1.29 is 13.2 Å². The first-order valence-electron chi connectivity index (χ1n) is 7.17. The summed E-state index contributed by atoms with van der Waals surface area (Å²) in [4.78, 5) is 0. The van der Waals surface area contributed by atoms with E-state index in [1.165, 1.54) is 0 Å². The van der Waals surface area contributed by atoms with Crippen molar-refractivity contribution in [3.63, 3.8) is 0 Å². The van der Waals surface area contributed by atoms with Crippen molar-refractivity contribution in [3.05, 3.63) is 0 Å². The van der Waals surface area contributed by atoms with Gasteiger partial charge in [-0.15, -0.1) is 0 Å². The predicted molar refractivity (Wildman–Crippen MR) is 73.5 cm³/mol. The highest BCUT2D eigenvalue weighted by atomic mass is 19.4. The summed E-state index contributed by atoms with van der Waals surface area (Å²) in [6, 6.07) is -1.53. The van der Waals surface area contributed by atoms with Crippen LogP contribution in [0.3, 0.4) is 0 Å². The standard InChI is InChI=1S/C13H25F3N4/c1-9-2-4-10(5-3-9)8-20-11(13(14,15)16)6-7-19-12(17)18/h9-11,20H,2-8H2,1H3,(H4,17,18,19). The molecule has 1 unspecified atom stereocenters. The Bertz CT molecular complexity index is 298.